The molecular formula is C20H26N6. The molecule has 0 spiro atoms. The zero-order valence-electron chi connectivity index (χ0n) is 15.3. The molecule has 2 N–H and O–H groups in total. The number of piperazine rings is 1. The molecule has 3 heterocycles. The minimum Gasteiger partial charge on any atom is -0.385 e. The summed E-state index contributed by atoms with van der Waals surface area (Å²) in [4.78, 5) is 17.1. The van der Waals surface area contributed by atoms with Crippen molar-refractivity contribution >= 4 is 16.9 Å². The minimum atomic E-state index is 0.758. The van der Waals surface area contributed by atoms with E-state index in [0.717, 1.165) is 34.8 Å². The van der Waals surface area contributed by atoms with Crippen molar-refractivity contribution in [2.75, 3.05) is 51.6 Å². The number of likely N-dealkylation sites (N-methyl/N-ethyl adjacent to an activating group) is 1. The molecule has 0 unspecified atom stereocenters. The normalized spacial score (nSPS) is 16.2. The number of fused-ring (bicyclic) bond motifs is 1. The van der Waals surface area contributed by atoms with Crippen LogP contribution >= 0.6 is 0 Å². The number of hydrogen-bond acceptors (Lipinski definition) is 5. The van der Waals surface area contributed by atoms with E-state index in [2.05, 4.69) is 61.4 Å². The van der Waals surface area contributed by atoms with Gasteiger partial charge in [-0.25, -0.2) is 9.97 Å². The Morgan fingerprint density at radius 1 is 1.08 bits per heavy atom. The predicted molar refractivity (Wildman–Crippen MR) is 106 cm³/mol. The van der Waals surface area contributed by atoms with Crippen LogP contribution in [0.4, 0.5) is 5.69 Å². The monoisotopic (exact) mass is 350 g/mol. The average molecular weight is 350 g/mol. The van der Waals surface area contributed by atoms with Gasteiger partial charge in [0.2, 0.25) is 0 Å². The summed E-state index contributed by atoms with van der Waals surface area (Å²) in [5.41, 5.74) is 3.95. The van der Waals surface area contributed by atoms with Crippen molar-refractivity contribution in [3.05, 3.63) is 42.6 Å². The SMILES string of the molecule is CN1CCN(CCCNc2ccc(-c3nc4ncccc4[nH]3)cc2)CC1. The largest absolute Gasteiger partial charge is 0.385 e. The van der Waals surface area contributed by atoms with Crippen LogP contribution in [-0.2, 0) is 0 Å². The van der Waals surface area contributed by atoms with E-state index in [1.807, 2.05) is 12.1 Å². The summed E-state index contributed by atoms with van der Waals surface area (Å²) < 4.78 is 0. The molecule has 1 aromatic carbocycles. The van der Waals surface area contributed by atoms with Crippen LogP contribution < -0.4 is 5.32 Å². The number of imidazole rings is 1. The topological polar surface area (TPSA) is 60.1 Å². The number of anilines is 1. The molecule has 6 heteroatoms. The van der Waals surface area contributed by atoms with E-state index in [-0.39, 0.29) is 0 Å². The third-order valence-corrected chi connectivity index (χ3v) is 4.99. The highest BCUT2D eigenvalue weighted by atomic mass is 15.2. The molecule has 0 atom stereocenters. The summed E-state index contributed by atoms with van der Waals surface area (Å²) in [6.07, 6.45) is 2.93. The fourth-order valence-electron chi connectivity index (χ4n) is 3.33. The Hall–Kier alpha value is -2.44. The van der Waals surface area contributed by atoms with Crippen LogP contribution in [0.3, 0.4) is 0 Å². The smallest absolute Gasteiger partial charge is 0.178 e. The first-order chi connectivity index (χ1) is 12.8. The average Bonchev–Trinajstić information content (AvgIpc) is 3.11. The lowest BCUT2D eigenvalue weighted by atomic mass is 10.2. The predicted octanol–water partition coefficient (Wildman–Crippen LogP) is 2.67. The number of nitrogens with one attached hydrogen (secondary N) is 2. The summed E-state index contributed by atoms with van der Waals surface area (Å²) in [5, 5.41) is 3.52. The van der Waals surface area contributed by atoms with Gasteiger partial charge >= 0.3 is 0 Å². The molecule has 0 radical (unpaired) electrons. The summed E-state index contributed by atoms with van der Waals surface area (Å²) in [6.45, 7) is 6.93. The number of nitrogens with zero attached hydrogens (tertiary/aromatic N) is 4. The molecule has 2 aromatic heterocycles. The van der Waals surface area contributed by atoms with Gasteiger partial charge in [-0.05, 0) is 56.4 Å². The van der Waals surface area contributed by atoms with Crippen molar-refractivity contribution in [2.45, 2.75) is 6.42 Å². The van der Waals surface area contributed by atoms with Gasteiger partial charge in [-0.15, -0.1) is 0 Å². The van der Waals surface area contributed by atoms with Crippen molar-refractivity contribution in [3.8, 4) is 11.4 Å². The molecule has 0 aliphatic carbocycles. The van der Waals surface area contributed by atoms with Crippen molar-refractivity contribution < 1.29 is 0 Å². The van der Waals surface area contributed by atoms with Gasteiger partial charge in [0, 0.05) is 50.2 Å². The number of pyridine rings is 1. The molecule has 0 saturated carbocycles. The van der Waals surface area contributed by atoms with Gasteiger partial charge < -0.3 is 20.1 Å². The molecule has 3 aromatic rings. The number of aromatic amines is 1. The first-order valence-corrected chi connectivity index (χ1v) is 9.34. The van der Waals surface area contributed by atoms with Gasteiger partial charge in [0.15, 0.2) is 5.65 Å². The van der Waals surface area contributed by atoms with Crippen LogP contribution in [-0.4, -0.2) is 71.1 Å². The lowest BCUT2D eigenvalue weighted by Gasteiger charge is -2.32. The summed E-state index contributed by atoms with van der Waals surface area (Å²) in [7, 11) is 2.20. The number of aromatic nitrogens is 3. The van der Waals surface area contributed by atoms with Crippen LogP contribution in [0.1, 0.15) is 6.42 Å². The van der Waals surface area contributed by atoms with E-state index in [4.69, 9.17) is 0 Å². The Morgan fingerprint density at radius 2 is 1.88 bits per heavy atom. The summed E-state index contributed by atoms with van der Waals surface area (Å²) >= 11 is 0. The maximum absolute atomic E-state index is 4.55. The Labute approximate surface area is 154 Å². The third-order valence-electron chi connectivity index (χ3n) is 4.99. The van der Waals surface area contributed by atoms with Crippen molar-refractivity contribution in [3.63, 3.8) is 0 Å². The standard InChI is InChI=1S/C20H26N6/c1-25-12-14-26(15-13-25)11-3-10-21-17-7-5-16(6-8-17)19-23-18-4-2-9-22-20(18)24-19/h2,4-9,21H,3,10-15H2,1H3,(H,22,23,24). The fourth-order valence-corrected chi connectivity index (χ4v) is 3.33. The van der Waals surface area contributed by atoms with E-state index in [1.165, 1.54) is 39.1 Å². The van der Waals surface area contributed by atoms with Gasteiger partial charge in [-0.3, -0.25) is 0 Å². The Morgan fingerprint density at radius 3 is 2.65 bits per heavy atom. The molecule has 0 amide bonds. The molecule has 1 saturated heterocycles. The van der Waals surface area contributed by atoms with E-state index in [1.54, 1.807) is 6.20 Å². The molecule has 6 nitrogen and oxygen atoms in total. The van der Waals surface area contributed by atoms with Crippen LogP contribution in [0.15, 0.2) is 42.6 Å². The van der Waals surface area contributed by atoms with Crippen molar-refractivity contribution in [1.29, 1.82) is 0 Å². The van der Waals surface area contributed by atoms with Crippen LogP contribution in [0.2, 0.25) is 0 Å². The summed E-state index contributed by atoms with van der Waals surface area (Å²) in [5.74, 6) is 0.861. The number of rotatable bonds is 6. The minimum absolute atomic E-state index is 0.758. The molecule has 26 heavy (non-hydrogen) atoms. The zero-order chi connectivity index (χ0) is 17.8. The van der Waals surface area contributed by atoms with Gasteiger partial charge in [-0.1, -0.05) is 0 Å². The van der Waals surface area contributed by atoms with E-state index < -0.39 is 0 Å². The highest BCUT2D eigenvalue weighted by Gasteiger charge is 2.12. The van der Waals surface area contributed by atoms with Gasteiger partial charge in [0.1, 0.15) is 5.82 Å². The molecule has 0 bridgehead atoms. The molecule has 4 rings (SSSR count). The zero-order valence-corrected chi connectivity index (χ0v) is 15.3. The molecule has 1 aliphatic heterocycles. The van der Waals surface area contributed by atoms with Crippen LogP contribution in [0.5, 0.6) is 0 Å². The van der Waals surface area contributed by atoms with Crippen molar-refractivity contribution in [1.82, 2.24) is 24.8 Å². The lowest BCUT2D eigenvalue weighted by molar-refractivity contribution is 0.154. The van der Waals surface area contributed by atoms with E-state index in [0.29, 0.717) is 0 Å². The van der Waals surface area contributed by atoms with E-state index in [9.17, 15) is 0 Å². The second-order valence-electron chi connectivity index (χ2n) is 6.96. The second-order valence-corrected chi connectivity index (χ2v) is 6.96. The first-order valence-electron chi connectivity index (χ1n) is 9.34. The van der Waals surface area contributed by atoms with Crippen LogP contribution in [0.25, 0.3) is 22.6 Å². The molecule has 1 fully saturated rings. The van der Waals surface area contributed by atoms with Gasteiger partial charge in [0.05, 0.1) is 5.52 Å². The molecule has 1 aliphatic rings. The Kier molecular flexibility index (Phi) is 5.13. The third kappa shape index (κ3) is 4.03. The molecular weight excluding hydrogens is 324 g/mol. The van der Waals surface area contributed by atoms with Crippen LogP contribution in [0, 0.1) is 0 Å². The second kappa shape index (κ2) is 7.85. The maximum atomic E-state index is 4.55. The van der Waals surface area contributed by atoms with Crippen molar-refractivity contribution in [2.24, 2.45) is 0 Å². The maximum Gasteiger partial charge on any atom is 0.178 e. The van der Waals surface area contributed by atoms with Gasteiger partial charge in [0.25, 0.3) is 0 Å². The van der Waals surface area contributed by atoms with E-state index >= 15 is 0 Å². The lowest BCUT2D eigenvalue weighted by Crippen LogP contribution is -2.44. The summed E-state index contributed by atoms with van der Waals surface area (Å²) in [6, 6.07) is 12.3. The van der Waals surface area contributed by atoms with Gasteiger partial charge in [-0.2, -0.15) is 0 Å². The number of H-pyrrole nitrogens is 1. The quantitative estimate of drug-likeness (QED) is 0.670. The number of hydrogen-bond donors (Lipinski definition) is 2. The number of benzene rings is 1. The fraction of sp³-hybridized carbons (Fsp3) is 0.400. The molecule has 136 valence electrons. The highest BCUT2D eigenvalue weighted by molar-refractivity contribution is 5.75. The highest BCUT2D eigenvalue weighted by Crippen LogP contribution is 2.21. The first kappa shape index (κ1) is 17.0. The Balaban J connectivity index is 1.28. The Bertz CT molecular complexity index is 800.